The smallest absolute Gasteiger partial charge is 0.225 e. The maximum Gasteiger partial charge on any atom is 0.238 e. The number of hydrogen-bond acceptors (Lipinski definition) is 4. The molecule has 0 atom stereocenters. The minimum absolute atomic E-state index is 0.0445. The molecule has 2 aromatic rings. The van der Waals surface area contributed by atoms with Crippen molar-refractivity contribution in [3.63, 3.8) is 0 Å². The third-order valence-corrected chi connectivity index (χ3v) is 5.24. The Hall–Kier alpha value is -1.74. The summed E-state index contributed by atoms with van der Waals surface area (Å²) in [5.74, 6) is 0. The van der Waals surface area contributed by atoms with Crippen molar-refractivity contribution < 1.29 is 16.8 Å². The van der Waals surface area contributed by atoms with Gasteiger partial charge >= 0.3 is 0 Å². The quantitative estimate of drug-likeness (QED) is 0.835. The first-order chi connectivity index (χ1) is 10.2. The summed E-state index contributed by atoms with van der Waals surface area (Å²) < 4.78 is 46.2. The van der Waals surface area contributed by atoms with Gasteiger partial charge in [0.1, 0.15) is 0 Å². The summed E-state index contributed by atoms with van der Waals surface area (Å²) in [7, 11) is -7.64. The fraction of sp³-hybridized carbons (Fsp3) is 0.143. The molecule has 0 radical (unpaired) electrons. The van der Waals surface area contributed by atoms with Gasteiger partial charge in [-0.25, -0.2) is 27.1 Å². The predicted molar refractivity (Wildman–Crippen MR) is 83.0 cm³/mol. The van der Waals surface area contributed by atoms with Crippen molar-refractivity contribution in [2.24, 2.45) is 10.3 Å². The molecule has 0 aromatic heterocycles. The van der Waals surface area contributed by atoms with Gasteiger partial charge in [-0.1, -0.05) is 36.4 Å². The van der Waals surface area contributed by atoms with Gasteiger partial charge < -0.3 is 0 Å². The maximum absolute atomic E-state index is 11.6. The molecule has 118 valence electrons. The Morgan fingerprint density at radius 2 is 0.955 bits per heavy atom. The summed E-state index contributed by atoms with van der Waals surface area (Å²) in [5, 5.41) is 10.4. The van der Waals surface area contributed by atoms with Gasteiger partial charge in [0, 0.05) is 0 Å². The second kappa shape index (κ2) is 6.17. The van der Waals surface area contributed by atoms with Gasteiger partial charge in [0.2, 0.25) is 20.0 Å². The summed E-state index contributed by atoms with van der Waals surface area (Å²) in [6.07, 6.45) is 0.665. The second-order valence-electron chi connectivity index (χ2n) is 4.81. The molecule has 0 aliphatic heterocycles. The zero-order chi connectivity index (χ0) is 16.4. The summed E-state index contributed by atoms with van der Waals surface area (Å²) in [4.78, 5) is 0.0890. The standard InChI is InChI=1S/C14H16N2O4S2/c15-21(17,18)13-7-3-1-5-11(13)9-10-12-6-2-4-8-14(12)22(16,19)20/h1-8H,9-10H2,(H2,15,17,18)(H2,16,19,20). The molecule has 0 amide bonds. The lowest BCUT2D eigenvalue weighted by Gasteiger charge is -2.10. The fourth-order valence-corrected chi connectivity index (χ4v) is 3.85. The van der Waals surface area contributed by atoms with Crippen LogP contribution in [0.5, 0.6) is 0 Å². The summed E-state index contributed by atoms with van der Waals surface area (Å²) >= 11 is 0. The molecule has 0 aliphatic rings. The predicted octanol–water partition coefficient (Wildman–Crippen LogP) is 0.767. The van der Waals surface area contributed by atoms with Gasteiger partial charge in [-0.15, -0.1) is 0 Å². The molecule has 2 aromatic carbocycles. The van der Waals surface area contributed by atoms with E-state index in [-0.39, 0.29) is 9.79 Å². The van der Waals surface area contributed by atoms with Crippen LogP contribution in [0.1, 0.15) is 11.1 Å². The molecule has 6 nitrogen and oxygen atoms in total. The molecule has 22 heavy (non-hydrogen) atoms. The normalized spacial score (nSPS) is 12.3. The average molecular weight is 340 g/mol. The molecule has 0 bridgehead atoms. The van der Waals surface area contributed by atoms with Crippen LogP contribution in [0, 0.1) is 0 Å². The first-order valence-corrected chi connectivity index (χ1v) is 9.50. The molecule has 0 saturated heterocycles. The summed E-state index contributed by atoms with van der Waals surface area (Å²) in [5.41, 5.74) is 1.07. The molecule has 4 N–H and O–H groups in total. The Labute approximate surface area is 129 Å². The van der Waals surface area contributed by atoms with Gasteiger partial charge in [0.25, 0.3) is 0 Å². The van der Waals surface area contributed by atoms with Crippen molar-refractivity contribution in [1.82, 2.24) is 0 Å². The Kier molecular flexibility index (Phi) is 4.66. The molecule has 2 rings (SSSR count). The van der Waals surface area contributed by atoms with Crippen molar-refractivity contribution in [1.29, 1.82) is 0 Å². The van der Waals surface area contributed by atoms with E-state index in [0.717, 1.165) is 0 Å². The number of hydrogen-bond donors (Lipinski definition) is 2. The topological polar surface area (TPSA) is 120 Å². The van der Waals surface area contributed by atoms with Crippen LogP contribution in [0.4, 0.5) is 0 Å². The van der Waals surface area contributed by atoms with Gasteiger partial charge in [-0.2, -0.15) is 0 Å². The number of nitrogens with two attached hydrogens (primary N) is 2. The first kappa shape index (κ1) is 16.6. The third-order valence-electron chi connectivity index (χ3n) is 3.22. The monoisotopic (exact) mass is 340 g/mol. The SMILES string of the molecule is NS(=O)(=O)c1ccccc1CCc1ccccc1S(N)(=O)=O. The average Bonchev–Trinajstić information content (AvgIpc) is 2.44. The first-order valence-electron chi connectivity index (χ1n) is 6.41. The van der Waals surface area contributed by atoms with E-state index in [1.54, 1.807) is 36.4 Å². The van der Waals surface area contributed by atoms with Crippen molar-refractivity contribution in [2.75, 3.05) is 0 Å². The molecule has 0 unspecified atom stereocenters. The largest absolute Gasteiger partial charge is 0.238 e. The van der Waals surface area contributed by atoms with Crippen LogP contribution >= 0.6 is 0 Å². The van der Waals surface area contributed by atoms with Crippen LogP contribution < -0.4 is 10.3 Å². The lowest BCUT2D eigenvalue weighted by Crippen LogP contribution is -2.16. The van der Waals surface area contributed by atoms with E-state index < -0.39 is 20.0 Å². The maximum atomic E-state index is 11.6. The highest BCUT2D eigenvalue weighted by atomic mass is 32.2. The molecule has 8 heteroatoms. The molecule has 0 spiro atoms. The second-order valence-corrected chi connectivity index (χ2v) is 7.87. The van der Waals surface area contributed by atoms with E-state index in [0.29, 0.717) is 24.0 Å². The Bertz CT molecular complexity index is 815. The van der Waals surface area contributed by atoms with Crippen molar-refractivity contribution in [2.45, 2.75) is 22.6 Å². The highest BCUT2D eigenvalue weighted by Gasteiger charge is 2.16. The molecule has 0 saturated carbocycles. The van der Waals surface area contributed by atoms with Crippen molar-refractivity contribution in [3.05, 3.63) is 59.7 Å². The van der Waals surface area contributed by atoms with Crippen molar-refractivity contribution in [3.8, 4) is 0 Å². The van der Waals surface area contributed by atoms with Gasteiger partial charge in [-0.3, -0.25) is 0 Å². The van der Waals surface area contributed by atoms with Crippen LogP contribution in [0.25, 0.3) is 0 Å². The Morgan fingerprint density at radius 1 is 0.636 bits per heavy atom. The minimum Gasteiger partial charge on any atom is -0.225 e. The molecule has 0 aliphatic carbocycles. The highest BCUT2D eigenvalue weighted by molar-refractivity contribution is 7.89. The highest BCUT2D eigenvalue weighted by Crippen LogP contribution is 2.19. The number of benzene rings is 2. The zero-order valence-electron chi connectivity index (χ0n) is 11.6. The summed E-state index contributed by atoms with van der Waals surface area (Å²) in [6.45, 7) is 0. The van der Waals surface area contributed by atoms with E-state index in [1.165, 1.54) is 12.1 Å². The van der Waals surface area contributed by atoms with Crippen LogP contribution in [-0.4, -0.2) is 16.8 Å². The number of aryl methyl sites for hydroxylation is 2. The number of primary sulfonamides is 2. The summed E-state index contributed by atoms with van der Waals surface area (Å²) in [6, 6.07) is 12.7. The lowest BCUT2D eigenvalue weighted by molar-refractivity contribution is 0.593. The molecule has 0 heterocycles. The van der Waals surface area contributed by atoms with E-state index in [2.05, 4.69) is 0 Å². The minimum atomic E-state index is -3.82. The number of sulfonamides is 2. The van der Waals surface area contributed by atoms with Gasteiger partial charge in [0.05, 0.1) is 9.79 Å². The Balaban J connectivity index is 2.34. The third kappa shape index (κ3) is 3.92. The number of rotatable bonds is 5. The van der Waals surface area contributed by atoms with Crippen LogP contribution in [0.15, 0.2) is 58.3 Å². The van der Waals surface area contributed by atoms with E-state index in [4.69, 9.17) is 10.3 Å². The van der Waals surface area contributed by atoms with Crippen LogP contribution in [0.3, 0.4) is 0 Å². The molecule has 0 fully saturated rings. The lowest BCUT2D eigenvalue weighted by atomic mass is 10.0. The van der Waals surface area contributed by atoms with Gasteiger partial charge in [-0.05, 0) is 36.1 Å². The fourth-order valence-electron chi connectivity index (χ4n) is 2.25. The van der Waals surface area contributed by atoms with E-state index >= 15 is 0 Å². The van der Waals surface area contributed by atoms with Gasteiger partial charge in [0.15, 0.2) is 0 Å². The van der Waals surface area contributed by atoms with E-state index in [1.807, 2.05) is 0 Å². The Morgan fingerprint density at radius 3 is 1.27 bits per heavy atom. The van der Waals surface area contributed by atoms with Crippen LogP contribution in [-0.2, 0) is 32.9 Å². The van der Waals surface area contributed by atoms with E-state index in [9.17, 15) is 16.8 Å². The molecular weight excluding hydrogens is 324 g/mol. The molecular formula is C14H16N2O4S2. The van der Waals surface area contributed by atoms with Crippen molar-refractivity contribution >= 4 is 20.0 Å². The van der Waals surface area contributed by atoms with Crippen LogP contribution in [0.2, 0.25) is 0 Å². The zero-order valence-corrected chi connectivity index (χ0v) is 13.3.